The molecular weight excluding hydrogens is 1530 g/mol. The number of carboxylic acids is 5. The van der Waals surface area contributed by atoms with E-state index in [2.05, 4.69) is 48.5 Å². The van der Waals surface area contributed by atoms with Crippen molar-refractivity contribution in [1.29, 1.82) is 0 Å². The van der Waals surface area contributed by atoms with Crippen LogP contribution in [-0.2, 0) is 70.4 Å². The van der Waals surface area contributed by atoms with Gasteiger partial charge in [0.2, 0.25) is 41.4 Å². The lowest BCUT2D eigenvalue weighted by Crippen LogP contribution is -2.56. The number of halogens is 15. The van der Waals surface area contributed by atoms with Gasteiger partial charge in [-0.2, -0.15) is 78.5 Å². The monoisotopic (exact) mass is 1610 g/mol. The minimum Gasteiger partial charge on any atom is -0.475 e. The smallest absolute Gasteiger partial charge is 0.475 e. The van der Waals surface area contributed by atoms with E-state index < -0.39 is 121 Å². The highest BCUT2D eigenvalue weighted by atomic mass is 32.1. The standard InChI is InChI=1S/C48H80N16O8S.5C2HF3O2/c1-32(65)43(51)47(72)58-22-25-63(42(68)16-26-73)38(27-33-29-60-36-12-5-4-11-35(33)36)45(70)56-21-24-64(41(67)14-3-2-8-17-49)39(28-34-30-55-31-61-34)46(71)57-20-23-62(37(44(52)69)13-6-9-18-50)40(66)15-7-10-19-59-48(53)54;5*3-2(4,5)1(6)7/h4-5,11-12,29-32,37-39,43,60,65,73H,2-3,6-10,13-28,49-51H2,1H3,(H2,52,69)(H,55,61)(H,56,70)(H,57,71)(H,58,72)(H4,53,54,59);5*(H,6,7)/t32-,37+,38+,39+,43+;;;;;/m1...../s1. The molecule has 2 heterocycles. The number of nitrogens with two attached hydrogens (primary N) is 6. The Labute approximate surface area is 608 Å². The van der Waals surface area contributed by atoms with Crippen LogP contribution < -0.4 is 50.4 Å². The number of benzene rings is 1. The molecule has 2 aromatic heterocycles. The zero-order valence-corrected chi connectivity index (χ0v) is 58.0. The van der Waals surface area contributed by atoms with Crippen LogP contribution in [0.2, 0.25) is 0 Å². The molecule has 0 aliphatic heterocycles. The summed E-state index contributed by atoms with van der Waals surface area (Å²) in [7, 11) is 0. The number of hydrogen-bond donors (Lipinski definition) is 18. The molecule has 0 aliphatic carbocycles. The number of alkyl halides is 15. The largest absolute Gasteiger partial charge is 0.490 e. The molecule has 7 amide bonds. The van der Waals surface area contributed by atoms with Crippen LogP contribution >= 0.6 is 12.6 Å². The number of aliphatic hydroxyl groups is 1. The third-order valence-electron chi connectivity index (χ3n) is 13.5. The molecule has 50 heteroatoms. The average Bonchev–Trinajstić information content (AvgIpc) is 1.64. The summed E-state index contributed by atoms with van der Waals surface area (Å²) in [6.07, 6.45) is -17.5. The fourth-order valence-corrected chi connectivity index (χ4v) is 8.48. The summed E-state index contributed by atoms with van der Waals surface area (Å²) >= 11 is 4.28. The van der Waals surface area contributed by atoms with Crippen molar-refractivity contribution in [3.63, 3.8) is 0 Å². The van der Waals surface area contributed by atoms with Crippen LogP contribution in [0.4, 0.5) is 65.9 Å². The van der Waals surface area contributed by atoms with E-state index >= 15 is 0 Å². The minimum absolute atomic E-state index is 0.00457. The number of fused-ring (bicyclic) bond motifs is 1. The highest BCUT2D eigenvalue weighted by Gasteiger charge is 2.42. The molecule has 0 fully saturated rings. The second-order valence-electron chi connectivity index (χ2n) is 21.8. The normalized spacial score (nSPS) is 12.6. The Hall–Kier alpha value is -9.98. The van der Waals surface area contributed by atoms with Crippen molar-refractivity contribution in [3.05, 3.63) is 54.2 Å². The zero-order valence-electron chi connectivity index (χ0n) is 57.1. The summed E-state index contributed by atoms with van der Waals surface area (Å²) in [4.78, 5) is 159. The van der Waals surface area contributed by atoms with Gasteiger partial charge in [-0.05, 0) is 82.3 Å². The van der Waals surface area contributed by atoms with E-state index in [4.69, 9.17) is 83.9 Å². The molecule has 23 N–H and O–H groups in total. The maximum Gasteiger partial charge on any atom is 0.490 e. The summed E-state index contributed by atoms with van der Waals surface area (Å²) in [6.45, 7) is 1.86. The number of nitrogens with zero attached hydrogens (tertiary/aromatic N) is 5. The number of para-hydroxylation sites is 1. The first kappa shape index (κ1) is 102. The summed E-state index contributed by atoms with van der Waals surface area (Å²) in [5, 5.41) is 54.8. The van der Waals surface area contributed by atoms with Crippen molar-refractivity contribution >= 4 is 101 Å². The molecule has 34 nitrogen and oxygen atoms in total. The Balaban J connectivity index is -0.00000256. The van der Waals surface area contributed by atoms with E-state index in [1.165, 1.54) is 34.1 Å². The molecule has 3 aromatic rings. The van der Waals surface area contributed by atoms with Gasteiger partial charge in [-0.25, -0.2) is 29.0 Å². The van der Waals surface area contributed by atoms with Crippen LogP contribution in [0.25, 0.3) is 10.9 Å². The number of hydrogen-bond acceptors (Lipinski definition) is 19. The van der Waals surface area contributed by atoms with Gasteiger partial charge in [0, 0.05) is 107 Å². The van der Waals surface area contributed by atoms with Gasteiger partial charge < -0.3 is 106 Å². The van der Waals surface area contributed by atoms with Crippen LogP contribution in [0.15, 0.2) is 48.0 Å². The zero-order chi connectivity index (χ0) is 84.1. The summed E-state index contributed by atoms with van der Waals surface area (Å²) in [6, 6.07) is 3.04. The number of carboxylic acid groups (broad SMARTS) is 5. The number of nitrogens with one attached hydrogen (secondary N) is 5. The van der Waals surface area contributed by atoms with E-state index in [1.54, 1.807) is 6.20 Å². The lowest BCUT2D eigenvalue weighted by molar-refractivity contribution is -0.193. The highest BCUT2D eigenvalue weighted by Crippen LogP contribution is 2.23. The Morgan fingerprint density at radius 2 is 0.917 bits per heavy atom. The maximum atomic E-state index is 14.6. The second kappa shape index (κ2) is 51.3. The van der Waals surface area contributed by atoms with Crippen molar-refractivity contribution in [1.82, 2.24) is 45.6 Å². The highest BCUT2D eigenvalue weighted by molar-refractivity contribution is 7.80. The van der Waals surface area contributed by atoms with E-state index in [0.29, 0.717) is 70.3 Å². The lowest BCUT2D eigenvalue weighted by Gasteiger charge is -2.34. The molecule has 0 saturated carbocycles. The molecule has 1 aromatic carbocycles. The molecule has 616 valence electrons. The van der Waals surface area contributed by atoms with Crippen molar-refractivity contribution in [2.45, 2.75) is 152 Å². The van der Waals surface area contributed by atoms with E-state index in [0.717, 1.165) is 16.5 Å². The van der Waals surface area contributed by atoms with Crippen LogP contribution in [0.5, 0.6) is 0 Å². The number of aliphatic imine (C=N–C) groups is 1. The Kier molecular flexibility index (Phi) is 48.6. The SMILES string of the molecule is C[C@@H](O)[C@H](N)C(=O)NCCN(C(=O)CCS)[C@@H](Cc1c[nH]c2ccccc12)C(=O)NCCN(C(=O)CCCCCN)[C@@H](Cc1cnc[nH]1)C(=O)NCCN(C(=O)CCCCN=C(N)N)[C@@H](CCCCN)C(N)=O.O=C(O)C(F)(F)F.O=C(O)C(F)(F)F.O=C(O)C(F)(F)F.O=C(O)C(F)(F)F.O=C(O)C(F)(F)F. The van der Waals surface area contributed by atoms with E-state index in [1.807, 2.05) is 24.3 Å². The van der Waals surface area contributed by atoms with Gasteiger partial charge in [-0.3, -0.25) is 38.6 Å². The number of primary amides is 1. The summed E-state index contributed by atoms with van der Waals surface area (Å²) in [5.41, 5.74) is 36.1. The van der Waals surface area contributed by atoms with Crippen molar-refractivity contribution < 1.29 is 154 Å². The molecule has 0 aliphatic rings. The number of carbonyl (C=O) groups excluding carboxylic acids is 7. The molecule has 5 atom stereocenters. The molecule has 0 bridgehead atoms. The maximum absolute atomic E-state index is 14.6. The number of H-pyrrole nitrogens is 2. The van der Waals surface area contributed by atoms with Crippen LogP contribution in [0.3, 0.4) is 0 Å². The van der Waals surface area contributed by atoms with Gasteiger partial charge in [-0.15, -0.1) is 0 Å². The van der Waals surface area contributed by atoms with E-state index in [-0.39, 0.29) is 101 Å². The number of thiol groups is 1. The quantitative estimate of drug-likeness (QED) is 0.0127. The number of aromatic amines is 2. The number of amides is 7. The van der Waals surface area contributed by atoms with Crippen LogP contribution in [-0.4, -0.2) is 263 Å². The first-order valence-electron chi connectivity index (χ1n) is 31.3. The van der Waals surface area contributed by atoms with Gasteiger partial charge in [0.15, 0.2) is 5.96 Å². The number of guanidine groups is 1. The van der Waals surface area contributed by atoms with Crippen molar-refractivity contribution in [2.24, 2.45) is 39.4 Å². The van der Waals surface area contributed by atoms with Gasteiger partial charge in [-0.1, -0.05) is 24.6 Å². The number of unbranched alkanes of at least 4 members (excludes halogenated alkanes) is 4. The molecule has 0 radical (unpaired) electrons. The number of aliphatic hydroxyl groups excluding tert-OH is 1. The fraction of sp³-hybridized carbons (Fsp3) is 0.586. The Bertz CT molecular complexity index is 3170. The number of imidazole rings is 1. The number of aromatic nitrogens is 3. The fourth-order valence-electron chi connectivity index (χ4n) is 8.29. The summed E-state index contributed by atoms with van der Waals surface area (Å²) < 4.78 is 159. The molecular formula is C58H85F15N16O18S. The molecule has 0 saturated heterocycles. The predicted octanol–water partition coefficient (Wildman–Crippen LogP) is 1.39. The minimum atomic E-state index is -5.08. The molecule has 0 spiro atoms. The first-order chi connectivity index (χ1) is 49.8. The molecule has 0 unspecified atom stereocenters. The lowest BCUT2D eigenvalue weighted by atomic mass is 10.0. The first-order valence-corrected chi connectivity index (χ1v) is 31.9. The third kappa shape index (κ3) is 44.9. The molecule has 108 heavy (non-hydrogen) atoms. The number of aliphatic carboxylic acids is 5. The number of rotatable bonds is 37. The Morgan fingerprint density at radius 3 is 1.29 bits per heavy atom. The molecule has 3 rings (SSSR count). The number of carbonyl (C=O) groups is 12. The van der Waals surface area contributed by atoms with Gasteiger partial charge in [0.1, 0.15) is 24.2 Å². The summed E-state index contributed by atoms with van der Waals surface area (Å²) in [5.74, 6) is -17.3. The van der Waals surface area contributed by atoms with Gasteiger partial charge in [0.05, 0.1) is 12.4 Å². The van der Waals surface area contributed by atoms with E-state index in [9.17, 15) is 105 Å². The van der Waals surface area contributed by atoms with Crippen LogP contribution in [0, 0.1) is 0 Å². The van der Waals surface area contributed by atoms with Crippen molar-refractivity contribution in [2.75, 3.05) is 64.7 Å². The predicted molar refractivity (Wildman–Crippen MR) is 351 cm³/mol. The topological polar surface area (TPSA) is 585 Å². The van der Waals surface area contributed by atoms with Gasteiger partial charge in [0.25, 0.3) is 0 Å². The Morgan fingerprint density at radius 1 is 0.537 bits per heavy atom. The van der Waals surface area contributed by atoms with Crippen LogP contribution in [0.1, 0.15) is 88.8 Å². The van der Waals surface area contributed by atoms with Gasteiger partial charge >= 0.3 is 60.7 Å². The average molecular weight is 1610 g/mol. The second-order valence-corrected chi connectivity index (χ2v) is 22.3. The van der Waals surface area contributed by atoms with Crippen molar-refractivity contribution in [3.8, 4) is 0 Å². The third-order valence-corrected chi connectivity index (χ3v) is 13.7.